The normalized spacial score (nSPS) is 10.1. The van der Waals surface area contributed by atoms with Gasteiger partial charge in [0.25, 0.3) is 0 Å². The highest BCUT2D eigenvalue weighted by Crippen LogP contribution is 2.28. The van der Waals surface area contributed by atoms with Gasteiger partial charge < -0.3 is 0 Å². The molecule has 2 aromatic rings. The van der Waals surface area contributed by atoms with E-state index in [0.29, 0.717) is 5.95 Å². The predicted molar refractivity (Wildman–Crippen MR) is 65.1 cm³/mol. The maximum absolute atomic E-state index is 5.26. The first-order valence-electron chi connectivity index (χ1n) is 4.83. The predicted octanol–water partition coefficient (Wildman–Crippen LogP) is 2.22. The Kier molecular flexibility index (Phi) is 3.38. The van der Waals surface area contributed by atoms with Crippen LogP contribution in [0.4, 0.5) is 5.95 Å². The van der Waals surface area contributed by atoms with Crippen molar-refractivity contribution in [2.75, 3.05) is 5.43 Å². The molecule has 82 valence electrons. The Balaban J connectivity index is 2.24. The number of nitrogens with one attached hydrogen (secondary N) is 1. The fourth-order valence-corrected chi connectivity index (χ4v) is 2.11. The van der Waals surface area contributed by atoms with Crippen LogP contribution in [0.3, 0.4) is 0 Å². The Labute approximate surface area is 98.3 Å². The van der Waals surface area contributed by atoms with Gasteiger partial charge in [0, 0.05) is 11.1 Å². The maximum atomic E-state index is 5.26. The summed E-state index contributed by atoms with van der Waals surface area (Å²) in [5, 5.41) is 0.872. The fourth-order valence-electron chi connectivity index (χ4n) is 1.25. The summed E-state index contributed by atoms with van der Waals surface area (Å²) in [4.78, 5) is 9.39. The molecule has 0 aliphatic carbocycles. The number of rotatable bonds is 3. The number of anilines is 1. The van der Waals surface area contributed by atoms with E-state index in [4.69, 9.17) is 5.84 Å². The Hall–Kier alpha value is -1.59. The van der Waals surface area contributed by atoms with Gasteiger partial charge in [-0.2, -0.15) is 0 Å². The van der Waals surface area contributed by atoms with Crippen molar-refractivity contribution < 1.29 is 0 Å². The third-order valence-electron chi connectivity index (χ3n) is 2.07. The number of nitrogens with two attached hydrogens (primary N) is 1. The van der Waals surface area contributed by atoms with Gasteiger partial charge in [0.15, 0.2) is 0 Å². The number of benzene rings is 1. The molecule has 0 spiro atoms. The van der Waals surface area contributed by atoms with Crippen LogP contribution >= 0.6 is 11.8 Å². The molecule has 3 N–H and O–H groups in total. The molecule has 0 amide bonds. The summed E-state index contributed by atoms with van der Waals surface area (Å²) < 4.78 is 0. The fraction of sp³-hybridized carbons (Fsp3) is 0.0909. The number of aryl methyl sites for hydroxylation is 1. The highest BCUT2D eigenvalue weighted by Gasteiger charge is 2.02. The molecule has 0 fully saturated rings. The Morgan fingerprint density at radius 2 is 2.06 bits per heavy atom. The van der Waals surface area contributed by atoms with E-state index in [1.807, 2.05) is 18.2 Å². The average Bonchev–Trinajstić information content (AvgIpc) is 2.32. The monoisotopic (exact) mass is 232 g/mol. The van der Waals surface area contributed by atoms with Crippen LogP contribution in [0.25, 0.3) is 0 Å². The molecule has 0 unspecified atom stereocenters. The van der Waals surface area contributed by atoms with E-state index in [0.717, 1.165) is 5.03 Å². The molecule has 0 saturated carbocycles. The lowest BCUT2D eigenvalue weighted by Crippen LogP contribution is -2.10. The molecule has 0 bridgehead atoms. The van der Waals surface area contributed by atoms with E-state index in [9.17, 15) is 0 Å². The van der Waals surface area contributed by atoms with Gasteiger partial charge in [0.05, 0.1) is 0 Å². The van der Waals surface area contributed by atoms with Crippen molar-refractivity contribution in [1.82, 2.24) is 9.97 Å². The van der Waals surface area contributed by atoms with E-state index in [-0.39, 0.29) is 0 Å². The first kappa shape index (κ1) is 10.9. The zero-order valence-electron chi connectivity index (χ0n) is 8.84. The molecule has 0 radical (unpaired) electrons. The highest BCUT2D eigenvalue weighted by atomic mass is 32.2. The molecule has 0 aliphatic heterocycles. The van der Waals surface area contributed by atoms with Crippen LogP contribution in [-0.2, 0) is 0 Å². The van der Waals surface area contributed by atoms with Gasteiger partial charge in [-0.05, 0) is 24.6 Å². The van der Waals surface area contributed by atoms with E-state index < -0.39 is 0 Å². The summed E-state index contributed by atoms with van der Waals surface area (Å²) >= 11 is 1.60. The second-order valence-corrected chi connectivity index (χ2v) is 4.29. The number of hydrazine groups is 1. The Morgan fingerprint density at radius 1 is 1.25 bits per heavy atom. The van der Waals surface area contributed by atoms with Crippen molar-refractivity contribution in [3.63, 3.8) is 0 Å². The van der Waals surface area contributed by atoms with E-state index in [1.54, 1.807) is 18.0 Å². The number of aromatic nitrogens is 2. The van der Waals surface area contributed by atoms with Crippen LogP contribution in [0, 0.1) is 6.92 Å². The summed E-state index contributed by atoms with van der Waals surface area (Å²) in [6, 6.07) is 10.0. The number of nitrogens with zero attached hydrogens (tertiary/aromatic N) is 2. The van der Waals surface area contributed by atoms with Crippen LogP contribution < -0.4 is 11.3 Å². The number of nitrogen functional groups attached to an aromatic ring is 1. The standard InChI is InChI=1S/C11H12N4S/c1-8-4-2-3-5-9(8)16-10-6-7-13-11(14-10)15-12/h2-7H,12H2,1H3,(H,13,14,15). The molecule has 0 atom stereocenters. The first-order chi connectivity index (χ1) is 7.79. The molecule has 0 saturated heterocycles. The molecule has 0 aliphatic rings. The topological polar surface area (TPSA) is 63.8 Å². The summed E-state index contributed by atoms with van der Waals surface area (Å²) in [7, 11) is 0. The first-order valence-corrected chi connectivity index (χ1v) is 5.64. The largest absolute Gasteiger partial charge is 0.292 e. The number of hydrogen-bond donors (Lipinski definition) is 2. The summed E-state index contributed by atoms with van der Waals surface area (Å²) in [6.45, 7) is 2.08. The van der Waals surface area contributed by atoms with Gasteiger partial charge in [-0.15, -0.1) is 0 Å². The summed E-state index contributed by atoms with van der Waals surface area (Å²) in [6.07, 6.45) is 1.68. The minimum Gasteiger partial charge on any atom is -0.292 e. The lowest BCUT2D eigenvalue weighted by atomic mass is 10.2. The molecule has 1 aromatic carbocycles. The minimum absolute atomic E-state index is 0.429. The molecule has 16 heavy (non-hydrogen) atoms. The van der Waals surface area contributed by atoms with E-state index in [1.165, 1.54) is 10.5 Å². The molecule has 4 nitrogen and oxygen atoms in total. The lowest BCUT2D eigenvalue weighted by Gasteiger charge is -2.05. The second-order valence-electron chi connectivity index (χ2n) is 3.23. The molecular weight excluding hydrogens is 220 g/mol. The van der Waals surface area contributed by atoms with Crippen molar-refractivity contribution in [1.29, 1.82) is 0 Å². The van der Waals surface area contributed by atoms with Crippen LogP contribution in [0.1, 0.15) is 5.56 Å². The summed E-state index contributed by atoms with van der Waals surface area (Å²) in [5.74, 6) is 5.69. The van der Waals surface area contributed by atoms with Crippen molar-refractivity contribution >= 4 is 17.7 Å². The van der Waals surface area contributed by atoms with Gasteiger partial charge in [0.1, 0.15) is 5.03 Å². The second kappa shape index (κ2) is 4.96. The molecule has 1 heterocycles. The lowest BCUT2D eigenvalue weighted by molar-refractivity contribution is 1.03. The van der Waals surface area contributed by atoms with Crippen LogP contribution in [0.5, 0.6) is 0 Å². The Bertz CT molecular complexity index is 487. The van der Waals surface area contributed by atoms with Gasteiger partial charge in [-0.25, -0.2) is 15.8 Å². The Morgan fingerprint density at radius 3 is 2.81 bits per heavy atom. The minimum atomic E-state index is 0.429. The molecule has 1 aromatic heterocycles. The van der Waals surface area contributed by atoms with Gasteiger partial charge >= 0.3 is 0 Å². The SMILES string of the molecule is Cc1ccccc1Sc1ccnc(NN)n1. The van der Waals surface area contributed by atoms with Crippen molar-refractivity contribution in [3.8, 4) is 0 Å². The van der Waals surface area contributed by atoms with Crippen molar-refractivity contribution in [2.24, 2.45) is 5.84 Å². The third kappa shape index (κ3) is 2.50. The van der Waals surface area contributed by atoms with Crippen LogP contribution in [0.2, 0.25) is 0 Å². The quantitative estimate of drug-likeness (QED) is 0.482. The van der Waals surface area contributed by atoms with Crippen molar-refractivity contribution in [3.05, 3.63) is 42.1 Å². The van der Waals surface area contributed by atoms with E-state index >= 15 is 0 Å². The summed E-state index contributed by atoms with van der Waals surface area (Å²) in [5.41, 5.74) is 3.66. The smallest absolute Gasteiger partial charge is 0.238 e. The molecule has 2 rings (SSSR count). The average molecular weight is 232 g/mol. The zero-order valence-corrected chi connectivity index (χ0v) is 9.66. The number of hydrogen-bond acceptors (Lipinski definition) is 5. The third-order valence-corrected chi connectivity index (χ3v) is 3.18. The van der Waals surface area contributed by atoms with Gasteiger partial charge in [0.2, 0.25) is 5.95 Å². The van der Waals surface area contributed by atoms with E-state index in [2.05, 4.69) is 34.5 Å². The van der Waals surface area contributed by atoms with Crippen LogP contribution in [0.15, 0.2) is 46.5 Å². The maximum Gasteiger partial charge on any atom is 0.238 e. The van der Waals surface area contributed by atoms with Crippen LogP contribution in [-0.4, -0.2) is 9.97 Å². The zero-order chi connectivity index (χ0) is 11.4. The van der Waals surface area contributed by atoms with Crippen molar-refractivity contribution in [2.45, 2.75) is 16.8 Å². The molecule has 5 heteroatoms. The highest BCUT2D eigenvalue weighted by molar-refractivity contribution is 7.99. The molecular formula is C11H12N4S. The van der Waals surface area contributed by atoms with Gasteiger partial charge in [-0.3, -0.25) is 5.43 Å². The van der Waals surface area contributed by atoms with Gasteiger partial charge in [-0.1, -0.05) is 30.0 Å².